The monoisotopic (exact) mass is 369 g/mol. The number of esters is 1. The Morgan fingerprint density at radius 3 is 2.52 bits per heavy atom. The van der Waals surface area contributed by atoms with E-state index in [1.807, 2.05) is 30.3 Å². The van der Waals surface area contributed by atoms with Gasteiger partial charge in [0, 0.05) is 17.8 Å². The van der Waals surface area contributed by atoms with E-state index in [1.165, 1.54) is 13.2 Å². The van der Waals surface area contributed by atoms with Crippen LogP contribution in [0.2, 0.25) is 0 Å². The summed E-state index contributed by atoms with van der Waals surface area (Å²) in [5.41, 5.74) is 0.103. The molecule has 0 aliphatic heterocycles. The van der Waals surface area contributed by atoms with Crippen molar-refractivity contribution in [1.82, 2.24) is 10.3 Å². The molecule has 0 aliphatic rings. The topological polar surface area (TPSA) is 89.9 Å². The number of hydrogen-bond acceptors (Lipinski definition) is 7. The summed E-state index contributed by atoms with van der Waals surface area (Å²) in [6.07, 6.45) is 4.33. The number of isocyanates is 1. The normalized spacial score (nSPS) is 13.7. The summed E-state index contributed by atoms with van der Waals surface area (Å²) in [6.45, 7) is 0. The van der Waals surface area contributed by atoms with E-state index in [0.29, 0.717) is 18.6 Å². The van der Waals surface area contributed by atoms with Crippen molar-refractivity contribution >= 4 is 12.0 Å². The summed E-state index contributed by atoms with van der Waals surface area (Å²) >= 11 is 0. The van der Waals surface area contributed by atoms with Crippen LogP contribution in [0, 0.1) is 0 Å². The van der Waals surface area contributed by atoms with Crippen LogP contribution in [0.1, 0.15) is 23.6 Å². The number of nitrogens with one attached hydrogen (secondary N) is 1. The molecule has 0 fully saturated rings. The third-order valence-corrected chi connectivity index (χ3v) is 4.54. The summed E-state index contributed by atoms with van der Waals surface area (Å²) < 4.78 is 10.1. The van der Waals surface area contributed by atoms with Gasteiger partial charge in [-0.05, 0) is 49.7 Å². The molecular weight excluding hydrogens is 346 g/mol. The van der Waals surface area contributed by atoms with Gasteiger partial charge >= 0.3 is 5.97 Å². The van der Waals surface area contributed by atoms with Gasteiger partial charge < -0.3 is 9.47 Å². The molecule has 2 aromatic rings. The molecule has 0 amide bonds. The Morgan fingerprint density at radius 2 is 2.00 bits per heavy atom. The second-order valence-corrected chi connectivity index (χ2v) is 5.90. The molecule has 0 bridgehead atoms. The van der Waals surface area contributed by atoms with Crippen molar-refractivity contribution in [2.24, 2.45) is 4.99 Å². The Morgan fingerprint density at radius 1 is 1.26 bits per heavy atom. The number of aliphatic imine (C=N–C) groups is 1. The van der Waals surface area contributed by atoms with Crippen LogP contribution in [0.15, 0.2) is 53.7 Å². The van der Waals surface area contributed by atoms with E-state index < -0.39 is 17.6 Å². The first-order valence-corrected chi connectivity index (χ1v) is 8.51. The fraction of sp³-hybridized carbons (Fsp3) is 0.350. The maximum atomic E-state index is 12.6. The highest BCUT2D eigenvalue weighted by molar-refractivity contribution is 5.83. The summed E-state index contributed by atoms with van der Waals surface area (Å²) in [5.74, 6) is -0.450. The number of methoxy groups -OCH3 is 2. The molecule has 0 aliphatic carbocycles. The Kier molecular flexibility index (Phi) is 7.23. The van der Waals surface area contributed by atoms with E-state index in [1.54, 1.807) is 32.5 Å². The Balaban J connectivity index is 2.47. The van der Waals surface area contributed by atoms with Crippen molar-refractivity contribution in [3.8, 4) is 5.75 Å². The van der Waals surface area contributed by atoms with Crippen LogP contribution in [0.4, 0.5) is 0 Å². The lowest BCUT2D eigenvalue weighted by atomic mass is 9.82. The first-order valence-electron chi connectivity index (χ1n) is 8.51. The third-order valence-electron chi connectivity index (χ3n) is 4.54. The Hall–Kier alpha value is -3.02. The smallest absolute Gasteiger partial charge is 0.350 e. The van der Waals surface area contributed by atoms with Crippen LogP contribution in [-0.2, 0) is 20.7 Å². The highest BCUT2D eigenvalue weighted by Gasteiger charge is 2.47. The number of hydrogen-bond donors (Lipinski definition) is 1. The molecule has 0 saturated heterocycles. The van der Waals surface area contributed by atoms with Gasteiger partial charge in [-0.25, -0.2) is 9.59 Å². The van der Waals surface area contributed by atoms with Crippen LogP contribution in [-0.4, -0.2) is 44.0 Å². The molecule has 1 aromatic heterocycles. The first-order chi connectivity index (χ1) is 13.1. The Labute approximate surface area is 158 Å². The molecule has 7 heteroatoms. The molecule has 1 heterocycles. The molecule has 1 aromatic carbocycles. The van der Waals surface area contributed by atoms with Gasteiger partial charge in [-0.3, -0.25) is 10.3 Å². The molecule has 0 spiro atoms. The second-order valence-electron chi connectivity index (χ2n) is 5.90. The predicted octanol–water partition coefficient (Wildman–Crippen LogP) is 2.23. The molecule has 7 nitrogen and oxygen atoms in total. The van der Waals surface area contributed by atoms with E-state index in [0.717, 1.165) is 11.3 Å². The zero-order chi connectivity index (χ0) is 19.7. The lowest BCUT2D eigenvalue weighted by Gasteiger charge is -2.33. The van der Waals surface area contributed by atoms with Gasteiger partial charge in [-0.2, -0.15) is 4.99 Å². The number of nitrogens with zero attached hydrogens (tertiary/aromatic N) is 2. The lowest BCUT2D eigenvalue weighted by Crippen LogP contribution is -2.54. The maximum absolute atomic E-state index is 12.6. The van der Waals surface area contributed by atoms with Crippen molar-refractivity contribution in [3.05, 3.63) is 59.9 Å². The zero-order valence-electron chi connectivity index (χ0n) is 15.6. The molecule has 27 heavy (non-hydrogen) atoms. The molecule has 0 saturated carbocycles. The quantitative estimate of drug-likeness (QED) is 0.414. The van der Waals surface area contributed by atoms with Gasteiger partial charge in [-0.15, -0.1) is 0 Å². The van der Waals surface area contributed by atoms with Crippen molar-refractivity contribution < 1.29 is 19.1 Å². The van der Waals surface area contributed by atoms with Crippen LogP contribution >= 0.6 is 0 Å². The third kappa shape index (κ3) is 4.58. The SMILES string of the molecule is CN[C@@](N=C=O)(C(=O)OC)C(CCc1ccccn1)c1ccc(OC)cc1. The summed E-state index contributed by atoms with van der Waals surface area (Å²) in [5, 5.41) is 2.88. The number of aryl methyl sites for hydroxylation is 1. The minimum Gasteiger partial charge on any atom is -0.497 e. The zero-order valence-corrected chi connectivity index (χ0v) is 15.6. The van der Waals surface area contributed by atoms with Crippen molar-refractivity contribution in [3.63, 3.8) is 0 Å². The van der Waals surface area contributed by atoms with E-state index in [2.05, 4.69) is 15.3 Å². The lowest BCUT2D eigenvalue weighted by molar-refractivity contribution is -0.149. The molecule has 1 N–H and O–H groups in total. The van der Waals surface area contributed by atoms with Crippen molar-refractivity contribution in [2.45, 2.75) is 24.4 Å². The number of ether oxygens (including phenoxy) is 2. The number of benzene rings is 1. The van der Waals surface area contributed by atoms with Crippen LogP contribution in [0.5, 0.6) is 5.75 Å². The number of carbonyl (C=O) groups excluding carboxylic acids is 2. The average molecular weight is 369 g/mol. The molecular formula is C20H23N3O4. The predicted molar refractivity (Wildman–Crippen MR) is 100 cm³/mol. The number of likely N-dealkylation sites (N-methyl/N-ethyl adjacent to an activating group) is 1. The van der Waals surface area contributed by atoms with E-state index in [-0.39, 0.29) is 0 Å². The molecule has 1 unspecified atom stereocenters. The molecule has 2 rings (SSSR count). The minimum absolute atomic E-state index is 0.482. The Bertz CT molecular complexity index is 789. The first kappa shape index (κ1) is 20.3. The minimum atomic E-state index is -1.58. The molecule has 142 valence electrons. The van der Waals surface area contributed by atoms with Gasteiger partial charge in [0.2, 0.25) is 11.7 Å². The summed E-state index contributed by atoms with van der Waals surface area (Å²) in [7, 11) is 4.41. The standard InChI is InChI=1S/C20H23N3O4/c1-21-20(23-14-24,19(25)27-3)18(12-9-16-6-4-5-13-22-16)15-7-10-17(26-2)11-8-15/h4-8,10-11,13,18,21H,9,12H2,1-3H3/t18?,20-/m0/s1. The maximum Gasteiger partial charge on any atom is 0.350 e. The van der Waals surface area contributed by atoms with Crippen LogP contribution < -0.4 is 10.1 Å². The van der Waals surface area contributed by atoms with Crippen LogP contribution in [0.3, 0.4) is 0 Å². The van der Waals surface area contributed by atoms with Crippen molar-refractivity contribution in [1.29, 1.82) is 0 Å². The number of carbonyl (C=O) groups is 1. The number of rotatable bonds is 9. The molecule has 0 radical (unpaired) electrons. The van der Waals surface area contributed by atoms with E-state index in [9.17, 15) is 9.59 Å². The van der Waals surface area contributed by atoms with Gasteiger partial charge in [0.25, 0.3) is 0 Å². The van der Waals surface area contributed by atoms with Gasteiger partial charge in [0.05, 0.1) is 14.2 Å². The molecule has 2 atom stereocenters. The number of aromatic nitrogens is 1. The number of pyridine rings is 1. The highest BCUT2D eigenvalue weighted by Crippen LogP contribution is 2.35. The van der Waals surface area contributed by atoms with Crippen molar-refractivity contribution in [2.75, 3.05) is 21.3 Å². The summed E-state index contributed by atoms with van der Waals surface area (Å²) in [6, 6.07) is 12.9. The van der Waals surface area contributed by atoms with E-state index >= 15 is 0 Å². The van der Waals surface area contributed by atoms with Gasteiger partial charge in [0.15, 0.2) is 0 Å². The van der Waals surface area contributed by atoms with Gasteiger partial charge in [0.1, 0.15) is 5.75 Å². The van der Waals surface area contributed by atoms with Crippen LogP contribution in [0.25, 0.3) is 0 Å². The second kappa shape index (κ2) is 9.62. The fourth-order valence-electron chi connectivity index (χ4n) is 3.12. The van der Waals surface area contributed by atoms with E-state index in [4.69, 9.17) is 9.47 Å². The summed E-state index contributed by atoms with van der Waals surface area (Å²) in [4.78, 5) is 31.9. The van der Waals surface area contributed by atoms with Gasteiger partial charge in [-0.1, -0.05) is 18.2 Å². The fourth-order valence-corrected chi connectivity index (χ4v) is 3.12. The largest absolute Gasteiger partial charge is 0.497 e. The highest BCUT2D eigenvalue weighted by atomic mass is 16.5. The average Bonchev–Trinajstić information content (AvgIpc) is 2.73.